The largest absolute Gasteiger partial charge is 0.368 e. The standard InChI is InChI=1S/C23H22N6O2/c30-22(20-10-5-11-31-20)27-18-9-4-6-16(12-18)14-24-21-13-19(17-7-2-1-3-8-17)28-23-25-15-26-29(21)23/h1-4,6-9,12-13,15,20,24H,5,10-11,14H2,(H,27,30). The fourth-order valence-corrected chi connectivity index (χ4v) is 3.65. The van der Waals surface area contributed by atoms with Crippen LogP contribution in [-0.4, -0.2) is 38.2 Å². The summed E-state index contributed by atoms with van der Waals surface area (Å²) in [6.07, 6.45) is 2.84. The quantitative estimate of drug-likeness (QED) is 0.501. The summed E-state index contributed by atoms with van der Waals surface area (Å²) in [7, 11) is 0. The summed E-state index contributed by atoms with van der Waals surface area (Å²) >= 11 is 0. The van der Waals surface area contributed by atoms with E-state index in [0.29, 0.717) is 18.9 Å². The van der Waals surface area contributed by atoms with Crippen molar-refractivity contribution in [2.24, 2.45) is 0 Å². The molecule has 0 bridgehead atoms. The number of anilines is 2. The highest BCUT2D eigenvalue weighted by molar-refractivity contribution is 5.94. The number of nitrogens with zero attached hydrogens (tertiary/aromatic N) is 4. The Balaban J connectivity index is 1.34. The molecule has 156 valence electrons. The number of fused-ring (bicyclic) bond motifs is 1. The lowest BCUT2D eigenvalue weighted by molar-refractivity contribution is -0.124. The highest BCUT2D eigenvalue weighted by Gasteiger charge is 2.23. The molecule has 1 atom stereocenters. The zero-order chi connectivity index (χ0) is 21.0. The van der Waals surface area contributed by atoms with Crippen molar-refractivity contribution in [3.8, 4) is 11.3 Å². The van der Waals surface area contributed by atoms with Crippen LogP contribution in [0.15, 0.2) is 67.0 Å². The van der Waals surface area contributed by atoms with Gasteiger partial charge in [-0.2, -0.15) is 14.6 Å². The van der Waals surface area contributed by atoms with Crippen LogP contribution in [0.25, 0.3) is 17.0 Å². The molecule has 0 saturated carbocycles. The van der Waals surface area contributed by atoms with E-state index >= 15 is 0 Å². The van der Waals surface area contributed by atoms with Crippen LogP contribution in [0, 0.1) is 0 Å². The number of ether oxygens (including phenoxy) is 1. The summed E-state index contributed by atoms with van der Waals surface area (Å²) in [5.41, 5.74) is 3.61. The summed E-state index contributed by atoms with van der Waals surface area (Å²) in [6, 6.07) is 19.7. The van der Waals surface area contributed by atoms with Crippen LogP contribution in [0.1, 0.15) is 18.4 Å². The smallest absolute Gasteiger partial charge is 0.254 e. The Morgan fingerprint density at radius 2 is 2.03 bits per heavy atom. The first kappa shape index (κ1) is 19.2. The number of carbonyl (C=O) groups is 1. The molecular formula is C23H22N6O2. The maximum atomic E-state index is 12.3. The van der Waals surface area contributed by atoms with Crippen LogP contribution in [-0.2, 0) is 16.1 Å². The average Bonchev–Trinajstić information content (AvgIpc) is 3.50. The number of rotatable bonds is 6. The summed E-state index contributed by atoms with van der Waals surface area (Å²) in [4.78, 5) is 21.2. The molecule has 3 heterocycles. The fourth-order valence-electron chi connectivity index (χ4n) is 3.65. The van der Waals surface area contributed by atoms with E-state index in [2.05, 4.69) is 25.7 Å². The molecule has 4 aromatic rings. The Kier molecular flexibility index (Phi) is 5.28. The normalized spacial score (nSPS) is 15.8. The minimum Gasteiger partial charge on any atom is -0.368 e. The molecule has 1 unspecified atom stereocenters. The number of benzene rings is 2. The molecule has 0 spiro atoms. The molecule has 1 aliphatic rings. The first-order chi connectivity index (χ1) is 15.3. The monoisotopic (exact) mass is 414 g/mol. The summed E-state index contributed by atoms with van der Waals surface area (Å²) in [5.74, 6) is 1.23. The van der Waals surface area contributed by atoms with E-state index in [-0.39, 0.29) is 12.0 Å². The zero-order valence-electron chi connectivity index (χ0n) is 16.9. The molecule has 1 aliphatic heterocycles. The Bertz CT molecular complexity index is 1200. The predicted molar refractivity (Wildman–Crippen MR) is 118 cm³/mol. The molecule has 1 amide bonds. The van der Waals surface area contributed by atoms with Gasteiger partial charge in [0, 0.05) is 30.5 Å². The molecule has 5 rings (SSSR count). The second-order valence-electron chi connectivity index (χ2n) is 7.41. The Morgan fingerprint density at radius 1 is 1.13 bits per heavy atom. The van der Waals surface area contributed by atoms with Crippen LogP contribution in [0.2, 0.25) is 0 Å². The first-order valence-electron chi connectivity index (χ1n) is 10.3. The van der Waals surface area contributed by atoms with Crippen LogP contribution in [0.4, 0.5) is 11.5 Å². The summed E-state index contributed by atoms with van der Waals surface area (Å²) in [6.45, 7) is 1.20. The Hall–Kier alpha value is -3.78. The minimum atomic E-state index is -0.351. The van der Waals surface area contributed by atoms with Gasteiger partial charge in [-0.15, -0.1) is 0 Å². The van der Waals surface area contributed by atoms with Gasteiger partial charge in [-0.25, -0.2) is 4.98 Å². The van der Waals surface area contributed by atoms with Crippen LogP contribution in [0.5, 0.6) is 0 Å². The maximum Gasteiger partial charge on any atom is 0.254 e. The lowest BCUT2D eigenvalue weighted by Gasteiger charge is -2.13. The molecule has 2 N–H and O–H groups in total. The lowest BCUT2D eigenvalue weighted by atomic mass is 10.1. The molecule has 8 heteroatoms. The zero-order valence-corrected chi connectivity index (χ0v) is 16.9. The van der Waals surface area contributed by atoms with Crippen LogP contribution >= 0.6 is 0 Å². The molecule has 0 radical (unpaired) electrons. The molecule has 31 heavy (non-hydrogen) atoms. The van der Waals surface area contributed by atoms with E-state index in [9.17, 15) is 4.79 Å². The van der Waals surface area contributed by atoms with Crippen molar-refractivity contribution >= 4 is 23.2 Å². The highest BCUT2D eigenvalue weighted by atomic mass is 16.5. The number of aromatic nitrogens is 4. The van der Waals surface area contributed by atoms with Crippen LogP contribution < -0.4 is 10.6 Å². The third-order valence-corrected chi connectivity index (χ3v) is 5.21. The van der Waals surface area contributed by atoms with Gasteiger partial charge in [0.1, 0.15) is 18.2 Å². The van der Waals surface area contributed by atoms with Gasteiger partial charge in [-0.3, -0.25) is 4.79 Å². The van der Waals surface area contributed by atoms with Gasteiger partial charge in [0.05, 0.1) is 5.69 Å². The first-order valence-corrected chi connectivity index (χ1v) is 10.3. The van der Waals surface area contributed by atoms with Gasteiger partial charge >= 0.3 is 0 Å². The minimum absolute atomic E-state index is 0.0893. The van der Waals surface area contributed by atoms with Crippen molar-refractivity contribution < 1.29 is 9.53 Å². The molecule has 2 aromatic heterocycles. The van der Waals surface area contributed by atoms with Crippen molar-refractivity contribution in [3.05, 3.63) is 72.6 Å². The van der Waals surface area contributed by atoms with Gasteiger partial charge in [0.2, 0.25) is 0 Å². The van der Waals surface area contributed by atoms with E-state index in [1.165, 1.54) is 6.33 Å². The van der Waals surface area contributed by atoms with E-state index in [1.54, 1.807) is 4.52 Å². The molecule has 1 saturated heterocycles. The second-order valence-corrected chi connectivity index (χ2v) is 7.41. The fraction of sp³-hybridized carbons (Fsp3) is 0.217. The molecule has 1 fully saturated rings. The summed E-state index contributed by atoms with van der Waals surface area (Å²) in [5, 5.41) is 10.6. The van der Waals surface area contributed by atoms with Gasteiger partial charge in [0.15, 0.2) is 0 Å². The van der Waals surface area contributed by atoms with E-state index in [1.807, 2.05) is 60.7 Å². The van der Waals surface area contributed by atoms with Gasteiger partial charge in [-0.05, 0) is 30.5 Å². The van der Waals surface area contributed by atoms with Crippen molar-refractivity contribution in [3.63, 3.8) is 0 Å². The van der Waals surface area contributed by atoms with Gasteiger partial charge in [-0.1, -0.05) is 42.5 Å². The Morgan fingerprint density at radius 3 is 2.87 bits per heavy atom. The topological polar surface area (TPSA) is 93.4 Å². The third kappa shape index (κ3) is 4.24. The van der Waals surface area contributed by atoms with Crippen molar-refractivity contribution in [2.75, 3.05) is 17.2 Å². The summed E-state index contributed by atoms with van der Waals surface area (Å²) < 4.78 is 7.13. The van der Waals surface area contributed by atoms with Crippen molar-refractivity contribution in [1.82, 2.24) is 19.6 Å². The number of amides is 1. The van der Waals surface area contributed by atoms with Gasteiger partial charge in [0.25, 0.3) is 11.7 Å². The van der Waals surface area contributed by atoms with Gasteiger partial charge < -0.3 is 15.4 Å². The van der Waals surface area contributed by atoms with E-state index < -0.39 is 0 Å². The van der Waals surface area contributed by atoms with Crippen LogP contribution in [0.3, 0.4) is 0 Å². The number of hydrogen-bond donors (Lipinski definition) is 2. The predicted octanol–water partition coefficient (Wildman–Crippen LogP) is 3.52. The highest BCUT2D eigenvalue weighted by Crippen LogP contribution is 2.22. The number of nitrogens with one attached hydrogen (secondary N) is 2. The molecule has 0 aliphatic carbocycles. The Labute approximate surface area is 179 Å². The average molecular weight is 414 g/mol. The van der Waals surface area contributed by atoms with E-state index in [4.69, 9.17) is 4.74 Å². The number of hydrogen-bond acceptors (Lipinski definition) is 6. The van der Waals surface area contributed by atoms with Crippen molar-refractivity contribution in [1.29, 1.82) is 0 Å². The lowest BCUT2D eigenvalue weighted by Crippen LogP contribution is -2.26. The maximum absolute atomic E-state index is 12.3. The van der Waals surface area contributed by atoms with E-state index in [0.717, 1.165) is 41.2 Å². The second kappa shape index (κ2) is 8.53. The third-order valence-electron chi connectivity index (χ3n) is 5.21. The number of carbonyl (C=O) groups excluding carboxylic acids is 1. The van der Waals surface area contributed by atoms with Crippen molar-refractivity contribution in [2.45, 2.75) is 25.5 Å². The SMILES string of the molecule is O=C(Nc1cccc(CNc2cc(-c3ccccc3)nc3ncnn23)c1)C1CCCO1. The molecular weight excluding hydrogens is 392 g/mol. The molecule has 2 aromatic carbocycles. The molecule has 8 nitrogen and oxygen atoms in total.